The molecule has 0 N–H and O–H groups in total. The largest absolute Gasteiger partial charge is 0.381 e. The summed E-state index contributed by atoms with van der Waals surface area (Å²) in [7, 11) is 0. The van der Waals surface area contributed by atoms with E-state index in [9.17, 15) is 0 Å². The van der Waals surface area contributed by atoms with Gasteiger partial charge in [0.15, 0.2) is 0 Å². The fourth-order valence-corrected chi connectivity index (χ4v) is 3.84. The first-order chi connectivity index (χ1) is 13.4. The van der Waals surface area contributed by atoms with Crippen molar-refractivity contribution in [1.29, 1.82) is 0 Å². The molecule has 0 unspecified atom stereocenters. The second-order valence-corrected chi connectivity index (χ2v) is 8.68. The molecule has 0 rings (SSSR count). The van der Waals surface area contributed by atoms with Crippen LogP contribution in [0.2, 0.25) is 0 Å². The average Bonchev–Trinajstić information content (AvgIpc) is 2.68. The molecule has 0 fully saturated rings. The minimum atomic E-state index is 0.993. The van der Waals surface area contributed by atoms with E-state index in [4.69, 9.17) is 4.74 Å². The monoisotopic (exact) mass is 382 g/mol. The van der Waals surface area contributed by atoms with Gasteiger partial charge in [-0.1, -0.05) is 142 Å². The quantitative estimate of drug-likeness (QED) is 0.151. The van der Waals surface area contributed by atoms with E-state index in [1.165, 1.54) is 141 Å². The number of hydrogen-bond donors (Lipinski definition) is 0. The minimum absolute atomic E-state index is 0.993. The van der Waals surface area contributed by atoms with E-state index >= 15 is 0 Å². The van der Waals surface area contributed by atoms with Crippen molar-refractivity contribution in [2.24, 2.45) is 0 Å². The Kier molecular flexibility index (Phi) is 25.9. The maximum Gasteiger partial charge on any atom is 0.0466 e. The summed E-state index contributed by atoms with van der Waals surface area (Å²) in [5.41, 5.74) is 0. The number of rotatable bonds is 24. The maximum atomic E-state index is 5.79. The lowest BCUT2D eigenvalue weighted by molar-refractivity contribution is 0.125. The van der Waals surface area contributed by atoms with E-state index in [1.54, 1.807) is 0 Å². The van der Waals surface area contributed by atoms with E-state index < -0.39 is 0 Å². The molecule has 0 saturated carbocycles. The zero-order chi connectivity index (χ0) is 19.7. The first-order valence-corrected chi connectivity index (χ1v) is 13.0. The summed E-state index contributed by atoms with van der Waals surface area (Å²) >= 11 is 0. The highest BCUT2D eigenvalue weighted by atomic mass is 16.5. The summed E-state index contributed by atoms with van der Waals surface area (Å²) in [6.45, 7) is 6.57. The Morgan fingerprint density at radius 3 is 0.778 bits per heavy atom. The van der Waals surface area contributed by atoms with Gasteiger partial charge in [-0.15, -0.1) is 0 Å². The van der Waals surface area contributed by atoms with Crippen LogP contribution in [0.25, 0.3) is 0 Å². The molecule has 0 spiro atoms. The van der Waals surface area contributed by atoms with Gasteiger partial charge in [0.1, 0.15) is 0 Å². The second-order valence-electron chi connectivity index (χ2n) is 8.68. The van der Waals surface area contributed by atoms with Crippen molar-refractivity contribution in [3.05, 3.63) is 0 Å². The number of ether oxygens (including phenoxy) is 1. The molecule has 0 amide bonds. The molecule has 0 bridgehead atoms. The van der Waals surface area contributed by atoms with Crippen LogP contribution in [0.5, 0.6) is 0 Å². The molecule has 1 heteroatoms. The van der Waals surface area contributed by atoms with Crippen LogP contribution in [0.3, 0.4) is 0 Å². The summed E-state index contributed by atoms with van der Waals surface area (Å²) in [6.07, 6.45) is 31.1. The van der Waals surface area contributed by atoms with Gasteiger partial charge in [0.05, 0.1) is 0 Å². The van der Waals surface area contributed by atoms with Crippen molar-refractivity contribution < 1.29 is 4.74 Å². The van der Waals surface area contributed by atoms with Crippen molar-refractivity contribution in [2.45, 2.75) is 155 Å². The summed E-state index contributed by atoms with van der Waals surface area (Å²) in [4.78, 5) is 0. The number of unbranched alkanes of at least 4 members (excludes halogenated alkanes) is 20. The Balaban J connectivity index is 2.95. The molecule has 164 valence electrons. The zero-order valence-electron chi connectivity index (χ0n) is 19.4. The highest BCUT2D eigenvalue weighted by molar-refractivity contribution is 4.50. The lowest BCUT2D eigenvalue weighted by atomic mass is 10.0. The van der Waals surface area contributed by atoms with Crippen LogP contribution in [-0.2, 0) is 4.74 Å². The van der Waals surface area contributed by atoms with Crippen molar-refractivity contribution in [3.63, 3.8) is 0 Å². The highest BCUT2D eigenvalue weighted by Gasteiger charge is 1.95. The maximum absolute atomic E-state index is 5.79. The normalized spacial score (nSPS) is 11.3. The highest BCUT2D eigenvalue weighted by Crippen LogP contribution is 2.13. The van der Waals surface area contributed by atoms with Gasteiger partial charge >= 0.3 is 0 Å². The molecule has 0 radical (unpaired) electrons. The van der Waals surface area contributed by atoms with Crippen molar-refractivity contribution in [1.82, 2.24) is 0 Å². The third kappa shape index (κ3) is 26.0. The van der Waals surface area contributed by atoms with Gasteiger partial charge in [0.2, 0.25) is 0 Å². The van der Waals surface area contributed by atoms with Gasteiger partial charge in [-0.3, -0.25) is 0 Å². The van der Waals surface area contributed by atoms with E-state index in [2.05, 4.69) is 13.8 Å². The average molecular weight is 383 g/mol. The van der Waals surface area contributed by atoms with Crippen LogP contribution in [0, 0.1) is 0 Å². The molecule has 0 aromatic rings. The third-order valence-corrected chi connectivity index (χ3v) is 5.78. The van der Waals surface area contributed by atoms with Gasteiger partial charge in [-0.25, -0.2) is 0 Å². The van der Waals surface area contributed by atoms with Crippen molar-refractivity contribution in [3.8, 4) is 0 Å². The van der Waals surface area contributed by atoms with Crippen molar-refractivity contribution >= 4 is 0 Å². The Morgan fingerprint density at radius 2 is 0.519 bits per heavy atom. The van der Waals surface area contributed by atoms with E-state index in [0.29, 0.717) is 0 Å². The number of hydrogen-bond acceptors (Lipinski definition) is 1. The second kappa shape index (κ2) is 26.0. The summed E-state index contributed by atoms with van der Waals surface area (Å²) in [6, 6.07) is 0. The lowest BCUT2D eigenvalue weighted by Gasteiger charge is -2.05. The van der Waals surface area contributed by atoms with Crippen LogP contribution < -0.4 is 0 Å². The topological polar surface area (TPSA) is 9.23 Å². The smallest absolute Gasteiger partial charge is 0.0466 e. The molecule has 1 nitrogen and oxygen atoms in total. The van der Waals surface area contributed by atoms with Gasteiger partial charge in [-0.05, 0) is 12.8 Å². The van der Waals surface area contributed by atoms with E-state index in [-0.39, 0.29) is 0 Å². The summed E-state index contributed by atoms with van der Waals surface area (Å²) < 4.78 is 5.79. The standard InChI is InChI=1S/C26H54O/c1-3-5-7-9-11-13-14-15-16-17-18-20-22-24-26-27-25-23-21-19-12-10-8-6-4-2/h3-26H2,1-2H3. The Labute approximate surface area is 173 Å². The predicted molar refractivity (Wildman–Crippen MR) is 124 cm³/mol. The summed E-state index contributed by atoms with van der Waals surface area (Å²) in [5, 5.41) is 0. The van der Waals surface area contributed by atoms with Gasteiger partial charge in [0.25, 0.3) is 0 Å². The molecule has 0 aliphatic rings. The minimum Gasteiger partial charge on any atom is -0.381 e. The molecule has 0 aliphatic carbocycles. The van der Waals surface area contributed by atoms with Crippen LogP contribution in [0.15, 0.2) is 0 Å². The van der Waals surface area contributed by atoms with Gasteiger partial charge < -0.3 is 4.74 Å². The molecular weight excluding hydrogens is 328 g/mol. The van der Waals surface area contributed by atoms with Crippen LogP contribution >= 0.6 is 0 Å². The van der Waals surface area contributed by atoms with Gasteiger partial charge in [0, 0.05) is 13.2 Å². The third-order valence-electron chi connectivity index (χ3n) is 5.78. The predicted octanol–water partition coefficient (Wildman–Crippen LogP) is 9.62. The van der Waals surface area contributed by atoms with Gasteiger partial charge in [-0.2, -0.15) is 0 Å². The fraction of sp³-hybridized carbons (Fsp3) is 1.00. The van der Waals surface area contributed by atoms with Crippen LogP contribution in [0.1, 0.15) is 155 Å². The van der Waals surface area contributed by atoms with Crippen LogP contribution in [-0.4, -0.2) is 13.2 Å². The molecular formula is C26H54O. The van der Waals surface area contributed by atoms with Crippen LogP contribution in [0.4, 0.5) is 0 Å². The Bertz CT molecular complexity index is 214. The summed E-state index contributed by atoms with van der Waals surface area (Å²) in [5.74, 6) is 0. The zero-order valence-corrected chi connectivity index (χ0v) is 19.4. The van der Waals surface area contributed by atoms with E-state index in [1.807, 2.05) is 0 Å². The lowest BCUT2D eigenvalue weighted by Crippen LogP contribution is -1.97. The first-order valence-electron chi connectivity index (χ1n) is 13.0. The molecule has 0 aliphatic heterocycles. The molecule has 0 heterocycles. The molecule has 0 aromatic carbocycles. The molecule has 0 atom stereocenters. The fourth-order valence-electron chi connectivity index (χ4n) is 3.84. The Morgan fingerprint density at radius 1 is 0.296 bits per heavy atom. The SMILES string of the molecule is CCCCCCCCCCCCCCCCOCCCCCCCCCC. The molecule has 0 aromatic heterocycles. The van der Waals surface area contributed by atoms with Crippen molar-refractivity contribution in [2.75, 3.05) is 13.2 Å². The van der Waals surface area contributed by atoms with E-state index in [0.717, 1.165) is 13.2 Å². The first kappa shape index (κ1) is 27.0. The Hall–Kier alpha value is -0.0400. The molecule has 0 saturated heterocycles. The molecule has 27 heavy (non-hydrogen) atoms.